The molecule has 0 aliphatic rings. The Kier molecular flexibility index (Phi) is 4.54. The lowest BCUT2D eigenvalue weighted by Crippen LogP contribution is -2.26. The second-order valence-corrected chi connectivity index (χ2v) is 2.62. The van der Waals surface area contributed by atoms with Crippen molar-refractivity contribution in [3.05, 3.63) is 12.2 Å². The average Bonchev–Trinajstić information content (AvgIpc) is 1.87. The molecule has 0 fully saturated rings. The van der Waals surface area contributed by atoms with E-state index in [2.05, 4.69) is 11.9 Å². The Balaban J connectivity index is 3.70. The van der Waals surface area contributed by atoms with Gasteiger partial charge in [0.2, 0.25) is 0 Å². The first-order chi connectivity index (χ1) is 5.07. The van der Waals surface area contributed by atoms with Gasteiger partial charge in [0.25, 0.3) is 0 Å². The van der Waals surface area contributed by atoms with E-state index in [0.29, 0.717) is 6.42 Å². The number of carboxylic acid groups (broad SMARTS) is 1. The van der Waals surface area contributed by atoms with Crippen molar-refractivity contribution in [2.75, 3.05) is 7.05 Å². The first-order valence-corrected chi connectivity index (χ1v) is 3.62. The Labute approximate surface area is 67.1 Å². The first-order valence-electron chi connectivity index (χ1n) is 3.62. The fourth-order valence-corrected chi connectivity index (χ4v) is 0.905. The van der Waals surface area contributed by atoms with Gasteiger partial charge in [-0.3, -0.25) is 4.79 Å². The van der Waals surface area contributed by atoms with Crippen LogP contribution in [0, 0.1) is 0 Å². The Morgan fingerprint density at radius 1 is 1.73 bits per heavy atom. The minimum absolute atomic E-state index is 0.131. The molecular weight excluding hydrogens is 142 g/mol. The van der Waals surface area contributed by atoms with E-state index in [4.69, 9.17) is 5.11 Å². The van der Waals surface area contributed by atoms with Gasteiger partial charge in [-0.2, -0.15) is 0 Å². The maximum absolute atomic E-state index is 10.2. The quantitative estimate of drug-likeness (QED) is 0.586. The summed E-state index contributed by atoms with van der Waals surface area (Å²) >= 11 is 0. The van der Waals surface area contributed by atoms with E-state index in [9.17, 15) is 4.79 Å². The standard InChI is InChI=1S/C8H15NO2/c1-6(2)7(9-3)4-5-8(10)11/h7,9H,1,4-5H2,2-3H3,(H,10,11). The van der Waals surface area contributed by atoms with Gasteiger partial charge in [0.1, 0.15) is 0 Å². The van der Waals surface area contributed by atoms with Crippen LogP contribution in [0.2, 0.25) is 0 Å². The highest BCUT2D eigenvalue weighted by atomic mass is 16.4. The van der Waals surface area contributed by atoms with Gasteiger partial charge in [-0.25, -0.2) is 0 Å². The molecule has 0 aromatic carbocycles. The van der Waals surface area contributed by atoms with Crippen LogP contribution in [0.25, 0.3) is 0 Å². The second kappa shape index (κ2) is 4.91. The molecule has 0 rings (SSSR count). The van der Waals surface area contributed by atoms with E-state index in [-0.39, 0.29) is 12.5 Å². The van der Waals surface area contributed by atoms with Crippen molar-refractivity contribution in [3.8, 4) is 0 Å². The number of carboxylic acids is 1. The van der Waals surface area contributed by atoms with Gasteiger partial charge in [-0.05, 0) is 20.4 Å². The molecule has 0 saturated heterocycles. The summed E-state index contributed by atoms with van der Waals surface area (Å²) in [5.41, 5.74) is 0.980. The lowest BCUT2D eigenvalue weighted by molar-refractivity contribution is -0.137. The maximum atomic E-state index is 10.2. The maximum Gasteiger partial charge on any atom is 0.303 e. The highest BCUT2D eigenvalue weighted by molar-refractivity contribution is 5.66. The third-order valence-electron chi connectivity index (χ3n) is 1.59. The number of hydrogen-bond acceptors (Lipinski definition) is 2. The number of likely N-dealkylation sites (N-methyl/N-ethyl adjacent to an activating group) is 1. The predicted molar refractivity (Wildman–Crippen MR) is 44.5 cm³/mol. The molecule has 1 atom stereocenters. The first kappa shape index (κ1) is 10.2. The summed E-state index contributed by atoms with van der Waals surface area (Å²) < 4.78 is 0. The van der Waals surface area contributed by atoms with Crippen LogP contribution in [-0.4, -0.2) is 24.2 Å². The fourth-order valence-electron chi connectivity index (χ4n) is 0.905. The van der Waals surface area contributed by atoms with E-state index >= 15 is 0 Å². The zero-order valence-electron chi connectivity index (χ0n) is 7.05. The summed E-state index contributed by atoms with van der Waals surface area (Å²) in [6.07, 6.45) is 0.805. The molecular formula is C8H15NO2. The summed E-state index contributed by atoms with van der Waals surface area (Å²) in [6, 6.07) is 0.131. The number of nitrogens with one attached hydrogen (secondary N) is 1. The van der Waals surface area contributed by atoms with Gasteiger partial charge in [-0.1, -0.05) is 12.2 Å². The van der Waals surface area contributed by atoms with Crippen molar-refractivity contribution >= 4 is 5.97 Å². The Morgan fingerprint density at radius 3 is 2.55 bits per heavy atom. The third kappa shape index (κ3) is 4.56. The van der Waals surface area contributed by atoms with Crippen LogP contribution in [-0.2, 0) is 4.79 Å². The van der Waals surface area contributed by atoms with Gasteiger partial charge in [-0.15, -0.1) is 0 Å². The lowest BCUT2D eigenvalue weighted by Gasteiger charge is -2.13. The van der Waals surface area contributed by atoms with E-state index in [0.717, 1.165) is 5.57 Å². The molecule has 0 heterocycles. The number of hydrogen-bond donors (Lipinski definition) is 2. The van der Waals surface area contributed by atoms with Crippen LogP contribution < -0.4 is 5.32 Å². The van der Waals surface area contributed by atoms with Gasteiger partial charge in [0.15, 0.2) is 0 Å². The van der Waals surface area contributed by atoms with Gasteiger partial charge < -0.3 is 10.4 Å². The second-order valence-electron chi connectivity index (χ2n) is 2.62. The van der Waals surface area contributed by atoms with Gasteiger partial charge >= 0.3 is 5.97 Å². The Bertz CT molecular complexity index is 154. The number of carbonyl (C=O) groups is 1. The molecule has 0 bridgehead atoms. The molecule has 3 nitrogen and oxygen atoms in total. The molecule has 0 aromatic rings. The third-order valence-corrected chi connectivity index (χ3v) is 1.59. The number of aliphatic carboxylic acids is 1. The van der Waals surface area contributed by atoms with Crippen LogP contribution in [0.5, 0.6) is 0 Å². The Hall–Kier alpha value is -0.830. The van der Waals surface area contributed by atoms with Gasteiger partial charge in [0, 0.05) is 12.5 Å². The summed E-state index contributed by atoms with van der Waals surface area (Å²) in [6.45, 7) is 5.64. The predicted octanol–water partition coefficient (Wildman–Crippen LogP) is 1.02. The minimum Gasteiger partial charge on any atom is -0.481 e. The largest absolute Gasteiger partial charge is 0.481 e. The molecule has 0 aliphatic carbocycles. The highest BCUT2D eigenvalue weighted by Crippen LogP contribution is 2.04. The van der Waals surface area contributed by atoms with Crippen LogP contribution in [0.4, 0.5) is 0 Å². The van der Waals surface area contributed by atoms with Gasteiger partial charge in [0.05, 0.1) is 0 Å². The lowest BCUT2D eigenvalue weighted by atomic mass is 10.1. The average molecular weight is 157 g/mol. The van der Waals surface area contributed by atoms with E-state index in [1.807, 2.05) is 6.92 Å². The van der Waals surface area contributed by atoms with Crippen molar-refractivity contribution < 1.29 is 9.90 Å². The zero-order valence-corrected chi connectivity index (χ0v) is 7.05. The van der Waals surface area contributed by atoms with Crippen LogP contribution >= 0.6 is 0 Å². The molecule has 3 heteroatoms. The topological polar surface area (TPSA) is 49.3 Å². The van der Waals surface area contributed by atoms with E-state index in [1.165, 1.54) is 0 Å². The van der Waals surface area contributed by atoms with Crippen molar-refractivity contribution in [1.82, 2.24) is 5.32 Å². The van der Waals surface area contributed by atoms with Crippen LogP contribution in [0.15, 0.2) is 12.2 Å². The monoisotopic (exact) mass is 157 g/mol. The summed E-state index contributed by atoms with van der Waals surface area (Å²) in [4.78, 5) is 10.2. The van der Waals surface area contributed by atoms with Crippen LogP contribution in [0.3, 0.4) is 0 Å². The summed E-state index contributed by atoms with van der Waals surface area (Å²) in [7, 11) is 1.81. The minimum atomic E-state index is -0.758. The molecule has 0 radical (unpaired) electrons. The Morgan fingerprint density at radius 2 is 2.27 bits per heavy atom. The molecule has 0 aliphatic heterocycles. The molecule has 11 heavy (non-hydrogen) atoms. The van der Waals surface area contributed by atoms with Crippen molar-refractivity contribution in [3.63, 3.8) is 0 Å². The zero-order chi connectivity index (χ0) is 8.85. The van der Waals surface area contributed by atoms with E-state index < -0.39 is 5.97 Å². The molecule has 0 saturated carbocycles. The molecule has 2 N–H and O–H groups in total. The van der Waals surface area contributed by atoms with E-state index in [1.54, 1.807) is 7.05 Å². The molecule has 64 valence electrons. The smallest absolute Gasteiger partial charge is 0.303 e. The molecule has 0 amide bonds. The molecule has 1 unspecified atom stereocenters. The van der Waals surface area contributed by atoms with Crippen LogP contribution in [0.1, 0.15) is 19.8 Å². The highest BCUT2D eigenvalue weighted by Gasteiger charge is 2.07. The molecule has 0 aromatic heterocycles. The summed E-state index contributed by atoms with van der Waals surface area (Å²) in [5.74, 6) is -0.758. The molecule has 0 spiro atoms. The van der Waals surface area contributed by atoms with Crippen molar-refractivity contribution in [2.45, 2.75) is 25.8 Å². The SMILES string of the molecule is C=C(C)C(CCC(=O)O)NC. The fraction of sp³-hybridized carbons (Fsp3) is 0.625. The van der Waals surface area contributed by atoms with Crippen molar-refractivity contribution in [2.24, 2.45) is 0 Å². The normalized spacial score (nSPS) is 12.5. The number of rotatable bonds is 5. The summed E-state index contributed by atoms with van der Waals surface area (Å²) in [5, 5.41) is 11.4. The van der Waals surface area contributed by atoms with Crippen molar-refractivity contribution in [1.29, 1.82) is 0 Å².